The molecule has 17 heavy (non-hydrogen) atoms. The van der Waals surface area contributed by atoms with E-state index in [4.69, 9.17) is 16.9 Å². The van der Waals surface area contributed by atoms with E-state index in [1.165, 1.54) is 23.5 Å². The van der Waals surface area contributed by atoms with Crippen LogP contribution in [0.5, 0.6) is 0 Å². The zero-order valence-electron chi connectivity index (χ0n) is 8.78. The van der Waals surface area contributed by atoms with Crippen LogP contribution in [0.4, 0.5) is 4.39 Å². The molecule has 0 aliphatic heterocycles. The zero-order chi connectivity index (χ0) is 12.3. The first-order valence-electron chi connectivity index (χ1n) is 4.93. The van der Waals surface area contributed by atoms with E-state index in [0.717, 1.165) is 16.3 Å². The summed E-state index contributed by atoms with van der Waals surface area (Å²) < 4.78 is 12.9. The van der Waals surface area contributed by atoms with Crippen molar-refractivity contribution in [1.29, 1.82) is 5.26 Å². The highest BCUT2D eigenvalue weighted by atomic mass is 35.5. The lowest BCUT2D eigenvalue weighted by molar-refractivity contribution is 0.627. The second kappa shape index (κ2) is 5.26. The van der Waals surface area contributed by atoms with Gasteiger partial charge in [0.25, 0.3) is 0 Å². The first-order valence-corrected chi connectivity index (χ1v) is 6.19. The number of nitrogens with zero attached hydrogens (tertiary/aromatic N) is 2. The fourth-order valence-corrected chi connectivity index (χ4v) is 2.47. The summed E-state index contributed by atoms with van der Waals surface area (Å²) in [6.07, 6.45) is 0.878. The van der Waals surface area contributed by atoms with Gasteiger partial charge in [0.1, 0.15) is 5.82 Å². The minimum atomic E-state index is -0.344. The molecule has 0 aliphatic rings. The van der Waals surface area contributed by atoms with Crippen molar-refractivity contribution in [1.82, 2.24) is 4.98 Å². The Bertz CT molecular complexity index is 574. The summed E-state index contributed by atoms with van der Waals surface area (Å²) in [5, 5.41) is 11.7. The van der Waals surface area contributed by atoms with Crippen LogP contribution < -0.4 is 0 Å². The molecule has 86 valence electrons. The Hall–Kier alpha value is -1.44. The minimum absolute atomic E-state index is 0.313. The number of thiazole rings is 1. The number of rotatable bonds is 3. The molecular formula is C12H8ClFN2S. The number of benzene rings is 1. The van der Waals surface area contributed by atoms with Crippen molar-refractivity contribution in [3.05, 3.63) is 50.7 Å². The third kappa shape index (κ3) is 3.02. The van der Waals surface area contributed by atoms with Gasteiger partial charge in [-0.15, -0.1) is 11.3 Å². The maximum Gasteiger partial charge on any atom is 0.124 e. The number of aromatic nitrogens is 1. The van der Waals surface area contributed by atoms with E-state index >= 15 is 0 Å². The Morgan fingerprint density at radius 2 is 2.29 bits per heavy atom. The average molecular weight is 267 g/mol. The Morgan fingerprint density at radius 1 is 1.47 bits per heavy atom. The van der Waals surface area contributed by atoms with Gasteiger partial charge in [0.05, 0.1) is 23.2 Å². The molecule has 5 heteroatoms. The van der Waals surface area contributed by atoms with Gasteiger partial charge in [0, 0.05) is 16.8 Å². The Kier molecular flexibility index (Phi) is 3.72. The average Bonchev–Trinajstić information content (AvgIpc) is 2.71. The second-order valence-electron chi connectivity index (χ2n) is 3.48. The summed E-state index contributed by atoms with van der Waals surface area (Å²) in [6.45, 7) is 0. The predicted octanol–water partition coefficient (Wildman–Crippen LogP) is 3.59. The molecule has 0 radical (unpaired) electrons. The lowest BCUT2D eigenvalue weighted by Gasteiger charge is -2.01. The van der Waals surface area contributed by atoms with E-state index in [2.05, 4.69) is 4.98 Å². The Morgan fingerprint density at radius 3 is 3.00 bits per heavy atom. The number of nitriles is 1. The molecule has 0 spiro atoms. The maximum atomic E-state index is 12.9. The molecule has 0 atom stereocenters. The van der Waals surface area contributed by atoms with Gasteiger partial charge in [-0.1, -0.05) is 17.7 Å². The molecule has 2 nitrogen and oxygen atoms in total. The molecule has 1 aromatic heterocycles. The molecule has 0 unspecified atom stereocenters. The first-order chi connectivity index (χ1) is 8.19. The third-order valence-electron chi connectivity index (χ3n) is 2.22. The van der Waals surface area contributed by atoms with Gasteiger partial charge in [0.15, 0.2) is 0 Å². The van der Waals surface area contributed by atoms with Crippen molar-refractivity contribution in [2.24, 2.45) is 0 Å². The van der Waals surface area contributed by atoms with Crippen LogP contribution >= 0.6 is 22.9 Å². The number of hydrogen-bond donors (Lipinski definition) is 0. The van der Waals surface area contributed by atoms with Crippen molar-refractivity contribution in [3.8, 4) is 6.07 Å². The van der Waals surface area contributed by atoms with Gasteiger partial charge in [-0.2, -0.15) is 5.26 Å². The van der Waals surface area contributed by atoms with Crippen LogP contribution in [0.2, 0.25) is 5.02 Å². The van der Waals surface area contributed by atoms with Crippen LogP contribution in [0.1, 0.15) is 16.3 Å². The lowest BCUT2D eigenvalue weighted by atomic mass is 10.1. The van der Waals surface area contributed by atoms with Crippen LogP contribution in [0, 0.1) is 17.1 Å². The van der Waals surface area contributed by atoms with Crippen molar-refractivity contribution < 1.29 is 4.39 Å². The van der Waals surface area contributed by atoms with E-state index in [1.807, 2.05) is 11.4 Å². The highest BCUT2D eigenvalue weighted by Crippen LogP contribution is 2.22. The first kappa shape index (κ1) is 12.0. The lowest BCUT2D eigenvalue weighted by Crippen LogP contribution is -1.90. The van der Waals surface area contributed by atoms with E-state index in [-0.39, 0.29) is 5.82 Å². The second-order valence-corrected chi connectivity index (χ2v) is 4.83. The minimum Gasteiger partial charge on any atom is -0.245 e. The van der Waals surface area contributed by atoms with Crippen LogP contribution in [0.25, 0.3) is 0 Å². The molecule has 2 aromatic rings. The van der Waals surface area contributed by atoms with Crippen LogP contribution in [-0.2, 0) is 12.8 Å². The molecule has 0 aliphatic carbocycles. The molecule has 0 fully saturated rings. The summed E-state index contributed by atoms with van der Waals surface area (Å²) in [7, 11) is 0. The maximum absolute atomic E-state index is 12.9. The molecule has 1 aromatic carbocycles. The van der Waals surface area contributed by atoms with Crippen LogP contribution in [0.15, 0.2) is 23.6 Å². The summed E-state index contributed by atoms with van der Waals surface area (Å²) in [5.41, 5.74) is 1.61. The van der Waals surface area contributed by atoms with Gasteiger partial charge in [-0.25, -0.2) is 9.37 Å². The molecule has 1 heterocycles. The van der Waals surface area contributed by atoms with Crippen molar-refractivity contribution in [2.75, 3.05) is 0 Å². The quantitative estimate of drug-likeness (QED) is 0.851. The van der Waals surface area contributed by atoms with E-state index in [0.29, 0.717) is 17.9 Å². The summed E-state index contributed by atoms with van der Waals surface area (Å²) >= 11 is 7.41. The number of halogens is 2. The topological polar surface area (TPSA) is 36.7 Å². The summed E-state index contributed by atoms with van der Waals surface area (Å²) in [5.74, 6) is -0.344. The van der Waals surface area contributed by atoms with Crippen LogP contribution in [0.3, 0.4) is 0 Å². The molecule has 0 N–H and O–H groups in total. The largest absolute Gasteiger partial charge is 0.245 e. The molecule has 2 rings (SSSR count). The normalized spacial score (nSPS) is 10.2. The predicted molar refractivity (Wildman–Crippen MR) is 65.6 cm³/mol. The standard InChI is InChI=1S/C12H8ClFN2S/c13-11-6-9(14)2-1-8(11)5-12-16-10(3-4-15)7-17-12/h1-2,6-7H,3,5H2. The van der Waals surface area contributed by atoms with Gasteiger partial charge in [0.2, 0.25) is 0 Å². The summed E-state index contributed by atoms with van der Waals surface area (Å²) in [6, 6.07) is 6.38. The Balaban J connectivity index is 2.17. The highest BCUT2D eigenvalue weighted by Gasteiger charge is 2.07. The third-order valence-corrected chi connectivity index (χ3v) is 3.47. The summed E-state index contributed by atoms with van der Waals surface area (Å²) in [4.78, 5) is 4.30. The molecule has 0 bridgehead atoms. The molecular weight excluding hydrogens is 259 g/mol. The fraction of sp³-hybridized carbons (Fsp3) is 0.167. The van der Waals surface area contributed by atoms with Gasteiger partial charge in [-0.05, 0) is 17.7 Å². The highest BCUT2D eigenvalue weighted by molar-refractivity contribution is 7.09. The van der Waals surface area contributed by atoms with E-state index < -0.39 is 0 Å². The smallest absolute Gasteiger partial charge is 0.124 e. The zero-order valence-corrected chi connectivity index (χ0v) is 10.4. The molecule has 0 saturated carbocycles. The van der Waals surface area contributed by atoms with Crippen molar-refractivity contribution in [3.63, 3.8) is 0 Å². The Labute approximate surface area is 107 Å². The SMILES string of the molecule is N#CCc1csc(Cc2ccc(F)cc2Cl)n1. The van der Waals surface area contributed by atoms with Crippen molar-refractivity contribution in [2.45, 2.75) is 12.8 Å². The van der Waals surface area contributed by atoms with E-state index in [9.17, 15) is 4.39 Å². The molecule has 0 saturated heterocycles. The van der Waals surface area contributed by atoms with Gasteiger partial charge in [-0.3, -0.25) is 0 Å². The van der Waals surface area contributed by atoms with Crippen LogP contribution in [-0.4, -0.2) is 4.98 Å². The van der Waals surface area contributed by atoms with Gasteiger partial charge < -0.3 is 0 Å². The fourth-order valence-electron chi connectivity index (χ4n) is 1.42. The van der Waals surface area contributed by atoms with Gasteiger partial charge >= 0.3 is 0 Å². The molecule has 0 amide bonds. The monoisotopic (exact) mass is 266 g/mol. The van der Waals surface area contributed by atoms with E-state index in [1.54, 1.807) is 6.07 Å². The number of hydrogen-bond acceptors (Lipinski definition) is 3. The van der Waals surface area contributed by atoms with Crippen molar-refractivity contribution >= 4 is 22.9 Å².